The van der Waals surface area contributed by atoms with Gasteiger partial charge < -0.3 is 13.9 Å². The Bertz CT molecular complexity index is 1750. The van der Waals surface area contributed by atoms with Crippen molar-refractivity contribution in [3.05, 3.63) is 153 Å². The molecule has 4 aliphatic rings. The molecule has 0 radical (unpaired) electrons. The van der Waals surface area contributed by atoms with Gasteiger partial charge in [-0.05, 0) is 88.6 Å². The zero-order valence-electron chi connectivity index (χ0n) is 27.7. The van der Waals surface area contributed by atoms with Crippen LogP contribution >= 0.6 is 0 Å². The fourth-order valence-electron chi connectivity index (χ4n) is 6.94. The van der Waals surface area contributed by atoms with Crippen LogP contribution in [0.5, 0.6) is 0 Å². The number of Topliss-reactive ketones (excluding diaryl/α,β-unsaturated/α-hetero) is 1. The van der Waals surface area contributed by atoms with Crippen LogP contribution in [0.15, 0.2) is 108 Å². The van der Waals surface area contributed by atoms with Gasteiger partial charge in [-0.15, -0.1) is 0 Å². The van der Waals surface area contributed by atoms with E-state index in [1.54, 1.807) is 14.2 Å². The van der Waals surface area contributed by atoms with E-state index in [0.29, 0.717) is 12.2 Å². The Morgan fingerprint density at radius 2 is 1.09 bits per heavy atom. The van der Waals surface area contributed by atoms with Crippen molar-refractivity contribution >= 4 is 25.7 Å². The molecule has 4 nitrogen and oxygen atoms in total. The number of methoxy groups -OCH3 is 2. The number of ketones is 1. The van der Waals surface area contributed by atoms with E-state index < -0.39 is 14.1 Å². The predicted molar refractivity (Wildman–Crippen MR) is 189 cm³/mol. The van der Waals surface area contributed by atoms with Crippen LogP contribution in [0.3, 0.4) is 0 Å². The lowest BCUT2D eigenvalue weighted by molar-refractivity contribution is -0.198. The Balaban J connectivity index is 0.000000124. The molecule has 0 amide bonds. The van der Waals surface area contributed by atoms with Gasteiger partial charge in [0.2, 0.25) is 8.32 Å². The highest BCUT2D eigenvalue weighted by Gasteiger charge is 2.37. The van der Waals surface area contributed by atoms with Gasteiger partial charge in [-0.3, -0.25) is 4.79 Å². The summed E-state index contributed by atoms with van der Waals surface area (Å²) in [5.41, 5.74) is 12.8. The summed E-state index contributed by atoms with van der Waals surface area (Å²) in [5.74, 6) is 1.03. The van der Waals surface area contributed by atoms with Gasteiger partial charge in [0.1, 0.15) is 0 Å². The summed E-state index contributed by atoms with van der Waals surface area (Å²) in [6.45, 7) is 6.66. The molecule has 0 fully saturated rings. The summed E-state index contributed by atoms with van der Waals surface area (Å²) >= 11 is 0. The van der Waals surface area contributed by atoms with Crippen LogP contribution in [0, 0.1) is 0 Å². The lowest BCUT2D eigenvalue weighted by Crippen LogP contribution is -2.34. The maximum absolute atomic E-state index is 12.3. The number of carbonyl (C=O) groups is 1. The van der Waals surface area contributed by atoms with Gasteiger partial charge in [0, 0.05) is 45.5 Å². The van der Waals surface area contributed by atoms with Gasteiger partial charge in [0.25, 0.3) is 0 Å². The molecule has 4 aromatic carbocycles. The van der Waals surface area contributed by atoms with Crippen molar-refractivity contribution in [2.45, 2.75) is 64.0 Å². The van der Waals surface area contributed by atoms with Gasteiger partial charge in [-0.25, -0.2) is 0 Å². The molecule has 4 aliphatic carbocycles. The van der Waals surface area contributed by atoms with E-state index in [4.69, 9.17) is 13.9 Å². The molecule has 4 aromatic rings. The molecule has 46 heavy (non-hydrogen) atoms. The average Bonchev–Trinajstić information content (AvgIpc) is 3.81. The molecule has 236 valence electrons. The lowest BCUT2D eigenvalue weighted by atomic mass is 9.99. The minimum absolute atomic E-state index is 0.295. The molecule has 0 aliphatic heterocycles. The normalized spacial score (nSPS) is 16.7. The second-order valence-electron chi connectivity index (χ2n) is 13.5. The van der Waals surface area contributed by atoms with E-state index in [0.717, 1.165) is 49.0 Å². The molecule has 8 rings (SSSR count). The van der Waals surface area contributed by atoms with Crippen LogP contribution < -0.4 is 0 Å². The molecule has 0 aromatic heterocycles. The largest absolute Gasteiger partial charge is 0.547 e. The van der Waals surface area contributed by atoms with Gasteiger partial charge in [-0.2, -0.15) is 0 Å². The van der Waals surface area contributed by atoms with Crippen LogP contribution in [0.25, 0.3) is 11.6 Å². The second kappa shape index (κ2) is 13.4. The maximum Gasteiger partial charge on any atom is 0.241 e. The Labute approximate surface area is 274 Å². The molecular weight excluding hydrogens is 585 g/mol. The van der Waals surface area contributed by atoms with Crippen LogP contribution in [0.1, 0.15) is 44.5 Å². The zero-order valence-corrected chi connectivity index (χ0v) is 28.7. The maximum atomic E-state index is 12.3. The summed E-state index contributed by atoms with van der Waals surface area (Å²) < 4.78 is 16.8. The number of carbonyl (C=O) groups excluding carboxylic acids is 1. The molecule has 0 saturated heterocycles. The summed E-state index contributed by atoms with van der Waals surface area (Å²) in [4.78, 5) is 12.3. The Morgan fingerprint density at radius 1 is 0.587 bits per heavy atom. The van der Waals surface area contributed by atoms with Crippen molar-refractivity contribution in [3.8, 4) is 0 Å². The van der Waals surface area contributed by atoms with Crippen LogP contribution in [0.2, 0.25) is 19.6 Å². The number of hydrogen-bond donors (Lipinski definition) is 0. The minimum atomic E-state index is -1.43. The first-order valence-corrected chi connectivity index (χ1v) is 19.6. The molecule has 0 spiro atoms. The minimum Gasteiger partial charge on any atom is -0.547 e. The highest BCUT2D eigenvalue weighted by Crippen LogP contribution is 2.38. The molecule has 5 heteroatoms. The topological polar surface area (TPSA) is 44.8 Å². The molecule has 0 unspecified atom stereocenters. The third kappa shape index (κ3) is 7.02. The van der Waals surface area contributed by atoms with E-state index in [1.807, 2.05) is 12.1 Å². The molecule has 0 heterocycles. The standard InChI is InChI=1S/C18H14O.C12H16OSi.C11H14O2/c19-17-11-14-7-3-4-8-16(14)18(17)15-9-12-5-1-2-6-13(12)10-15;1-14(2,3)13-12-8-10-6-4-5-7-11(10)9-12;1-12-11(13-2)7-9-5-3-4-6-10(9)8-11/h1-8H,9-11H2;4-8H,9H2,1-3H3;3-6H,7-8H2,1-2H3. The van der Waals surface area contributed by atoms with Crippen molar-refractivity contribution in [2.24, 2.45) is 0 Å². The monoisotopic (exact) mass is 628 g/mol. The first kappa shape index (κ1) is 31.9. The summed E-state index contributed by atoms with van der Waals surface area (Å²) in [6.07, 6.45) is 7.31. The predicted octanol–water partition coefficient (Wildman–Crippen LogP) is 8.57. The molecule has 0 bridgehead atoms. The number of hydrogen-bond acceptors (Lipinski definition) is 4. The number of benzene rings is 4. The highest BCUT2D eigenvalue weighted by atomic mass is 28.4. The molecular formula is C41H44O4Si. The number of rotatable bonds is 4. The van der Waals surface area contributed by atoms with Gasteiger partial charge >= 0.3 is 0 Å². The van der Waals surface area contributed by atoms with E-state index in [1.165, 1.54) is 44.5 Å². The smallest absolute Gasteiger partial charge is 0.241 e. The van der Waals surface area contributed by atoms with Crippen molar-refractivity contribution in [2.75, 3.05) is 14.2 Å². The van der Waals surface area contributed by atoms with Crippen molar-refractivity contribution in [1.29, 1.82) is 0 Å². The zero-order chi connectivity index (χ0) is 32.3. The van der Waals surface area contributed by atoms with Crippen LogP contribution in [-0.2, 0) is 57.2 Å². The lowest BCUT2D eigenvalue weighted by Gasteiger charge is -2.25. The number of ether oxygens (including phenoxy) is 2. The molecule has 0 atom stereocenters. The Hall–Kier alpha value is -4.03. The highest BCUT2D eigenvalue weighted by molar-refractivity contribution is 6.70. The van der Waals surface area contributed by atoms with E-state index in [9.17, 15) is 4.79 Å². The summed E-state index contributed by atoms with van der Waals surface area (Å²) in [7, 11) is 1.98. The Morgan fingerprint density at radius 3 is 1.63 bits per heavy atom. The van der Waals surface area contributed by atoms with E-state index in [2.05, 4.69) is 111 Å². The number of allylic oxidation sites excluding steroid dienone is 3. The van der Waals surface area contributed by atoms with Crippen molar-refractivity contribution in [1.82, 2.24) is 0 Å². The first-order valence-electron chi connectivity index (χ1n) is 16.2. The van der Waals surface area contributed by atoms with Gasteiger partial charge in [-0.1, -0.05) is 97.1 Å². The third-order valence-corrected chi connectivity index (χ3v) is 10.0. The van der Waals surface area contributed by atoms with Crippen LogP contribution in [0.4, 0.5) is 0 Å². The fraction of sp³-hybridized carbons (Fsp3) is 0.293. The quantitative estimate of drug-likeness (QED) is 0.129. The van der Waals surface area contributed by atoms with E-state index in [-0.39, 0.29) is 0 Å². The Kier molecular flexibility index (Phi) is 9.28. The van der Waals surface area contributed by atoms with Crippen LogP contribution in [-0.4, -0.2) is 34.1 Å². The van der Waals surface area contributed by atoms with E-state index >= 15 is 0 Å². The summed E-state index contributed by atoms with van der Waals surface area (Å²) in [5, 5.41) is 0. The average molecular weight is 629 g/mol. The number of fused-ring (bicyclic) bond motifs is 4. The fourth-order valence-corrected chi connectivity index (χ4v) is 7.86. The second-order valence-corrected chi connectivity index (χ2v) is 17.9. The molecule has 0 saturated carbocycles. The third-order valence-electron chi connectivity index (χ3n) is 9.15. The van der Waals surface area contributed by atoms with Crippen molar-refractivity contribution in [3.63, 3.8) is 0 Å². The van der Waals surface area contributed by atoms with Gasteiger partial charge in [0.05, 0.1) is 5.76 Å². The molecule has 0 N–H and O–H groups in total. The first-order chi connectivity index (χ1) is 22.2. The van der Waals surface area contributed by atoms with Crippen molar-refractivity contribution < 1.29 is 18.7 Å². The van der Waals surface area contributed by atoms with Gasteiger partial charge in [0.15, 0.2) is 11.6 Å². The summed E-state index contributed by atoms with van der Waals surface area (Å²) in [6, 6.07) is 33.6. The SMILES string of the molecule is COC1(OC)Cc2ccccc2C1.C[Si](C)(C)OC1=Cc2ccccc2C1.O=C1Cc2ccccc2C1=C1Cc2ccccc2C1.